The quantitative estimate of drug-likeness (QED) is 0.814. The first-order valence-electron chi connectivity index (χ1n) is 5.54. The van der Waals surface area contributed by atoms with Gasteiger partial charge >= 0.3 is 0 Å². The summed E-state index contributed by atoms with van der Waals surface area (Å²) >= 11 is 4.14. The first-order valence-corrected chi connectivity index (χ1v) is 7.75. The summed E-state index contributed by atoms with van der Waals surface area (Å²) in [4.78, 5) is 0. The Labute approximate surface area is 106 Å². The second-order valence-electron chi connectivity index (χ2n) is 4.08. The maximum Gasteiger partial charge on any atom is 0.0363 e. The van der Waals surface area contributed by atoms with Crippen LogP contribution in [0.4, 0.5) is 11.4 Å². The van der Waals surface area contributed by atoms with Gasteiger partial charge in [-0.3, -0.25) is 0 Å². The Morgan fingerprint density at radius 2 is 2.25 bits per heavy atom. The average molecular weight is 254 g/mol. The van der Waals surface area contributed by atoms with E-state index in [1.165, 1.54) is 22.8 Å². The SMILES string of the molecule is Cc1cc(N)cc(NCC2CSCCS2)c1. The van der Waals surface area contributed by atoms with Crippen molar-refractivity contribution in [3.63, 3.8) is 0 Å². The van der Waals surface area contributed by atoms with E-state index in [1.807, 2.05) is 12.1 Å². The Bertz CT molecular complexity index is 329. The van der Waals surface area contributed by atoms with E-state index in [0.29, 0.717) is 0 Å². The molecular weight excluding hydrogens is 236 g/mol. The van der Waals surface area contributed by atoms with Crippen molar-refractivity contribution in [3.05, 3.63) is 23.8 Å². The first-order chi connectivity index (χ1) is 7.74. The van der Waals surface area contributed by atoms with Crippen molar-refractivity contribution in [1.29, 1.82) is 0 Å². The maximum absolute atomic E-state index is 5.82. The van der Waals surface area contributed by atoms with Crippen molar-refractivity contribution in [2.24, 2.45) is 0 Å². The van der Waals surface area contributed by atoms with Gasteiger partial charge in [0, 0.05) is 40.4 Å². The molecule has 0 saturated carbocycles. The molecule has 1 heterocycles. The van der Waals surface area contributed by atoms with Gasteiger partial charge in [-0.05, 0) is 30.7 Å². The summed E-state index contributed by atoms with van der Waals surface area (Å²) < 4.78 is 0. The number of nitrogen functional groups attached to an aromatic ring is 1. The molecule has 16 heavy (non-hydrogen) atoms. The lowest BCUT2D eigenvalue weighted by Gasteiger charge is -2.21. The monoisotopic (exact) mass is 254 g/mol. The summed E-state index contributed by atoms with van der Waals surface area (Å²) in [5.41, 5.74) is 9.02. The smallest absolute Gasteiger partial charge is 0.0363 e. The third-order valence-electron chi connectivity index (χ3n) is 2.52. The molecule has 1 saturated heterocycles. The molecule has 1 aliphatic rings. The molecule has 0 aromatic heterocycles. The predicted molar refractivity (Wildman–Crippen MR) is 77.7 cm³/mol. The Hall–Kier alpha value is -0.480. The van der Waals surface area contributed by atoms with Crippen LogP contribution in [-0.4, -0.2) is 29.1 Å². The lowest BCUT2D eigenvalue weighted by Crippen LogP contribution is -2.23. The Balaban J connectivity index is 1.88. The predicted octanol–water partition coefficient (Wildman–Crippen LogP) is 2.84. The van der Waals surface area contributed by atoms with Crippen molar-refractivity contribution in [2.75, 3.05) is 34.9 Å². The molecule has 2 rings (SSSR count). The normalized spacial score (nSPS) is 20.7. The fourth-order valence-electron chi connectivity index (χ4n) is 1.80. The van der Waals surface area contributed by atoms with E-state index in [9.17, 15) is 0 Å². The molecule has 1 aromatic carbocycles. The molecule has 1 unspecified atom stereocenters. The first kappa shape index (κ1) is 12.0. The van der Waals surface area contributed by atoms with Crippen LogP contribution in [0.2, 0.25) is 0 Å². The van der Waals surface area contributed by atoms with Gasteiger partial charge in [0.25, 0.3) is 0 Å². The third kappa shape index (κ3) is 3.52. The lowest BCUT2D eigenvalue weighted by molar-refractivity contribution is 1.00. The second-order valence-corrected chi connectivity index (χ2v) is 6.64. The Kier molecular flexibility index (Phi) is 4.29. The molecule has 0 amide bonds. The highest BCUT2D eigenvalue weighted by atomic mass is 32.2. The fraction of sp³-hybridized carbons (Fsp3) is 0.500. The van der Waals surface area contributed by atoms with E-state index in [2.05, 4.69) is 41.8 Å². The second kappa shape index (κ2) is 5.73. The highest BCUT2D eigenvalue weighted by molar-refractivity contribution is 8.06. The van der Waals surface area contributed by atoms with Gasteiger partial charge in [-0.15, -0.1) is 0 Å². The maximum atomic E-state index is 5.82. The van der Waals surface area contributed by atoms with Crippen LogP contribution in [0.1, 0.15) is 5.56 Å². The summed E-state index contributed by atoms with van der Waals surface area (Å²) in [6.45, 7) is 3.12. The van der Waals surface area contributed by atoms with Crippen LogP contribution in [0.15, 0.2) is 18.2 Å². The minimum Gasteiger partial charge on any atom is -0.399 e. The number of hydrogen-bond acceptors (Lipinski definition) is 4. The van der Waals surface area contributed by atoms with Gasteiger partial charge in [-0.25, -0.2) is 0 Å². The van der Waals surface area contributed by atoms with Crippen LogP contribution < -0.4 is 11.1 Å². The Morgan fingerprint density at radius 3 is 2.94 bits per heavy atom. The Morgan fingerprint density at radius 1 is 1.38 bits per heavy atom. The minimum atomic E-state index is 0.737. The summed E-state index contributed by atoms with van der Waals surface area (Å²) in [5.74, 6) is 3.85. The number of thioether (sulfide) groups is 2. The number of hydrogen-bond donors (Lipinski definition) is 2. The highest BCUT2D eigenvalue weighted by Crippen LogP contribution is 2.24. The van der Waals surface area contributed by atoms with Crippen LogP contribution in [0, 0.1) is 6.92 Å². The van der Waals surface area contributed by atoms with E-state index >= 15 is 0 Å². The van der Waals surface area contributed by atoms with Gasteiger partial charge in [0.05, 0.1) is 0 Å². The van der Waals surface area contributed by atoms with Gasteiger partial charge in [0.2, 0.25) is 0 Å². The molecule has 4 heteroatoms. The molecule has 1 fully saturated rings. The number of rotatable bonds is 3. The van der Waals surface area contributed by atoms with Crippen LogP contribution >= 0.6 is 23.5 Å². The van der Waals surface area contributed by atoms with Crippen LogP contribution in [0.3, 0.4) is 0 Å². The minimum absolute atomic E-state index is 0.737. The molecule has 1 aliphatic heterocycles. The average Bonchev–Trinajstić information content (AvgIpc) is 2.27. The van der Waals surface area contributed by atoms with Gasteiger partial charge in [0.1, 0.15) is 0 Å². The fourth-order valence-corrected chi connectivity index (χ4v) is 4.41. The largest absolute Gasteiger partial charge is 0.399 e. The molecule has 0 spiro atoms. The molecule has 0 radical (unpaired) electrons. The number of anilines is 2. The van der Waals surface area contributed by atoms with Crippen molar-refractivity contribution < 1.29 is 0 Å². The van der Waals surface area contributed by atoms with Crippen molar-refractivity contribution in [1.82, 2.24) is 0 Å². The molecule has 0 bridgehead atoms. The van der Waals surface area contributed by atoms with Crippen LogP contribution in [0.25, 0.3) is 0 Å². The highest BCUT2D eigenvalue weighted by Gasteiger charge is 2.13. The third-order valence-corrected chi connectivity index (χ3v) is 5.36. The zero-order valence-corrected chi connectivity index (χ0v) is 11.2. The van der Waals surface area contributed by atoms with Crippen molar-refractivity contribution in [2.45, 2.75) is 12.2 Å². The number of nitrogens with one attached hydrogen (secondary N) is 1. The standard InChI is InChI=1S/C12H18N2S2/c1-9-4-10(13)6-11(5-9)14-7-12-8-15-2-3-16-12/h4-6,12,14H,2-3,7-8,13H2,1H3. The van der Waals surface area contributed by atoms with Gasteiger partial charge in [0.15, 0.2) is 0 Å². The molecule has 1 aromatic rings. The summed E-state index contributed by atoms with van der Waals surface area (Å²) in [6, 6.07) is 6.15. The molecular formula is C12H18N2S2. The molecule has 3 N–H and O–H groups in total. The summed E-state index contributed by atoms with van der Waals surface area (Å²) in [7, 11) is 0. The zero-order valence-electron chi connectivity index (χ0n) is 9.53. The summed E-state index contributed by atoms with van der Waals surface area (Å²) in [5, 5.41) is 4.22. The van der Waals surface area contributed by atoms with E-state index < -0.39 is 0 Å². The molecule has 2 nitrogen and oxygen atoms in total. The number of aryl methyl sites for hydroxylation is 1. The van der Waals surface area contributed by atoms with Crippen LogP contribution in [-0.2, 0) is 0 Å². The van der Waals surface area contributed by atoms with Gasteiger partial charge < -0.3 is 11.1 Å². The van der Waals surface area contributed by atoms with Crippen LogP contribution in [0.5, 0.6) is 0 Å². The van der Waals surface area contributed by atoms with Crippen molar-refractivity contribution >= 4 is 34.9 Å². The van der Waals surface area contributed by atoms with Gasteiger partial charge in [-0.2, -0.15) is 23.5 Å². The number of nitrogens with two attached hydrogens (primary N) is 1. The van der Waals surface area contributed by atoms with E-state index in [-0.39, 0.29) is 0 Å². The topological polar surface area (TPSA) is 38.0 Å². The van der Waals surface area contributed by atoms with Gasteiger partial charge in [-0.1, -0.05) is 0 Å². The molecule has 1 atom stereocenters. The van der Waals surface area contributed by atoms with E-state index in [4.69, 9.17) is 5.73 Å². The summed E-state index contributed by atoms with van der Waals surface area (Å²) in [6.07, 6.45) is 0. The zero-order chi connectivity index (χ0) is 11.4. The van der Waals surface area contributed by atoms with E-state index in [1.54, 1.807) is 0 Å². The molecule has 88 valence electrons. The van der Waals surface area contributed by atoms with Crippen molar-refractivity contribution in [3.8, 4) is 0 Å². The van der Waals surface area contributed by atoms with E-state index in [0.717, 1.165) is 23.2 Å². The number of benzene rings is 1. The lowest BCUT2D eigenvalue weighted by atomic mass is 10.2. The molecule has 0 aliphatic carbocycles.